The zero-order valence-electron chi connectivity index (χ0n) is 13.1. The van der Waals surface area contributed by atoms with Crippen molar-refractivity contribution in [2.75, 3.05) is 26.3 Å². The molecule has 0 radical (unpaired) electrons. The molecule has 2 aliphatic rings. The number of hydrogen-bond acceptors (Lipinski definition) is 4. The molecule has 0 aliphatic carbocycles. The minimum absolute atomic E-state index is 0. The number of nitrogens with one attached hydrogen (secondary N) is 1. The maximum absolute atomic E-state index is 6.36. The third-order valence-corrected chi connectivity index (χ3v) is 4.18. The minimum Gasteiger partial charge on any atom is -0.489 e. The SMILES string of the molecule is CC1CN(Cc2cc(Cl)c3c(c2)OCCCO3)CC(C)N1.Cl. The molecule has 2 unspecified atom stereocenters. The Morgan fingerprint density at radius 2 is 1.86 bits per heavy atom. The molecule has 22 heavy (non-hydrogen) atoms. The van der Waals surface area contributed by atoms with E-state index in [1.807, 2.05) is 6.07 Å². The normalized spacial score (nSPS) is 25.2. The number of fused-ring (bicyclic) bond motifs is 1. The average Bonchev–Trinajstić information content (AvgIpc) is 2.63. The highest BCUT2D eigenvalue weighted by Gasteiger charge is 2.22. The molecule has 4 nitrogen and oxygen atoms in total. The van der Waals surface area contributed by atoms with Crippen LogP contribution < -0.4 is 14.8 Å². The van der Waals surface area contributed by atoms with E-state index in [1.165, 1.54) is 5.56 Å². The van der Waals surface area contributed by atoms with Crippen LogP contribution in [-0.2, 0) is 6.54 Å². The van der Waals surface area contributed by atoms with Crippen LogP contribution >= 0.6 is 24.0 Å². The van der Waals surface area contributed by atoms with E-state index in [4.69, 9.17) is 21.1 Å². The first-order valence-electron chi connectivity index (χ1n) is 7.68. The van der Waals surface area contributed by atoms with Gasteiger partial charge in [-0.1, -0.05) is 11.6 Å². The average molecular weight is 347 g/mol. The quantitative estimate of drug-likeness (QED) is 0.891. The molecule has 124 valence electrons. The number of halogens is 2. The summed E-state index contributed by atoms with van der Waals surface area (Å²) in [4.78, 5) is 2.46. The van der Waals surface area contributed by atoms with Gasteiger partial charge in [-0.25, -0.2) is 0 Å². The van der Waals surface area contributed by atoms with Crippen molar-refractivity contribution in [3.05, 3.63) is 22.7 Å². The van der Waals surface area contributed by atoms with E-state index < -0.39 is 0 Å². The third-order valence-electron chi connectivity index (χ3n) is 3.90. The van der Waals surface area contributed by atoms with Crippen LogP contribution in [0.2, 0.25) is 5.02 Å². The Labute approximate surface area is 143 Å². The molecule has 0 amide bonds. The van der Waals surface area contributed by atoms with Gasteiger partial charge in [-0.3, -0.25) is 4.90 Å². The second-order valence-electron chi connectivity index (χ2n) is 6.12. The Morgan fingerprint density at radius 3 is 2.59 bits per heavy atom. The van der Waals surface area contributed by atoms with Gasteiger partial charge in [0.1, 0.15) is 0 Å². The van der Waals surface area contributed by atoms with Crippen LogP contribution in [0.4, 0.5) is 0 Å². The molecule has 1 saturated heterocycles. The second-order valence-corrected chi connectivity index (χ2v) is 6.53. The Kier molecular flexibility index (Phi) is 6.21. The Hall–Kier alpha value is -0.680. The van der Waals surface area contributed by atoms with Gasteiger partial charge < -0.3 is 14.8 Å². The monoisotopic (exact) mass is 346 g/mol. The van der Waals surface area contributed by atoms with Crippen LogP contribution in [0.1, 0.15) is 25.8 Å². The van der Waals surface area contributed by atoms with Gasteiger partial charge in [0.25, 0.3) is 0 Å². The highest BCUT2D eigenvalue weighted by molar-refractivity contribution is 6.32. The lowest BCUT2D eigenvalue weighted by Crippen LogP contribution is -2.53. The standard InChI is InChI=1S/C16H23ClN2O2.ClH/c1-11-8-19(9-12(2)18-11)10-13-6-14(17)16-15(7-13)20-4-3-5-21-16;/h6-7,11-12,18H,3-5,8-10H2,1-2H3;1H. The molecule has 0 bridgehead atoms. The lowest BCUT2D eigenvalue weighted by molar-refractivity contribution is 0.166. The summed E-state index contributed by atoms with van der Waals surface area (Å²) >= 11 is 6.36. The van der Waals surface area contributed by atoms with E-state index in [0.717, 1.165) is 31.8 Å². The maximum Gasteiger partial charge on any atom is 0.179 e. The smallest absolute Gasteiger partial charge is 0.179 e. The largest absolute Gasteiger partial charge is 0.489 e. The first-order chi connectivity index (χ1) is 10.1. The Bertz CT molecular complexity index is 503. The van der Waals surface area contributed by atoms with E-state index in [9.17, 15) is 0 Å². The lowest BCUT2D eigenvalue weighted by Gasteiger charge is -2.36. The van der Waals surface area contributed by atoms with Crippen LogP contribution in [0, 0.1) is 0 Å². The number of piperazine rings is 1. The van der Waals surface area contributed by atoms with Gasteiger partial charge in [-0.2, -0.15) is 0 Å². The van der Waals surface area contributed by atoms with Gasteiger partial charge in [-0.15, -0.1) is 12.4 Å². The molecule has 0 saturated carbocycles. The van der Waals surface area contributed by atoms with Crippen LogP contribution in [0.5, 0.6) is 11.5 Å². The summed E-state index contributed by atoms with van der Waals surface area (Å²) < 4.78 is 11.4. The molecule has 2 aliphatic heterocycles. The fraction of sp³-hybridized carbons (Fsp3) is 0.625. The van der Waals surface area contributed by atoms with Crippen LogP contribution in [-0.4, -0.2) is 43.3 Å². The Balaban J connectivity index is 0.00000176. The summed E-state index contributed by atoms with van der Waals surface area (Å²) in [5.41, 5.74) is 1.19. The summed E-state index contributed by atoms with van der Waals surface area (Å²) in [6.07, 6.45) is 0.896. The summed E-state index contributed by atoms with van der Waals surface area (Å²) in [7, 11) is 0. The van der Waals surface area contributed by atoms with Crippen molar-refractivity contribution in [2.24, 2.45) is 0 Å². The maximum atomic E-state index is 6.36. The highest BCUT2D eigenvalue weighted by Crippen LogP contribution is 2.38. The molecular formula is C16H24Cl2N2O2. The molecular weight excluding hydrogens is 323 g/mol. The van der Waals surface area contributed by atoms with Gasteiger partial charge in [0.2, 0.25) is 0 Å². The number of nitrogens with zero attached hydrogens (tertiary/aromatic N) is 1. The first kappa shape index (κ1) is 17.7. The summed E-state index contributed by atoms with van der Waals surface area (Å²) in [6, 6.07) is 5.12. The third kappa shape index (κ3) is 4.19. The van der Waals surface area contributed by atoms with Crippen molar-refractivity contribution in [1.82, 2.24) is 10.2 Å². The van der Waals surface area contributed by atoms with Gasteiger partial charge >= 0.3 is 0 Å². The number of rotatable bonds is 2. The zero-order chi connectivity index (χ0) is 14.8. The topological polar surface area (TPSA) is 33.7 Å². The molecule has 3 rings (SSSR count). The van der Waals surface area contributed by atoms with Crippen LogP contribution in [0.3, 0.4) is 0 Å². The summed E-state index contributed by atoms with van der Waals surface area (Å²) in [5.74, 6) is 1.48. The van der Waals surface area contributed by atoms with Crippen molar-refractivity contribution in [3.63, 3.8) is 0 Å². The fourth-order valence-corrected chi connectivity index (χ4v) is 3.49. The van der Waals surface area contributed by atoms with E-state index in [0.29, 0.717) is 36.1 Å². The minimum atomic E-state index is 0. The van der Waals surface area contributed by atoms with Crippen molar-refractivity contribution in [3.8, 4) is 11.5 Å². The van der Waals surface area contributed by atoms with E-state index >= 15 is 0 Å². The van der Waals surface area contributed by atoms with Gasteiger partial charge in [-0.05, 0) is 31.5 Å². The lowest BCUT2D eigenvalue weighted by atomic mass is 10.1. The van der Waals surface area contributed by atoms with Gasteiger partial charge in [0, 0.05) is 38.1 Å². The molecule has 1 N–H and O–H groups in total. The highest BCUT2D eigenvalue weighted by atomic mass is 35.5. The summed E-state index contributed by atoms with van der Waals surface area (Å²) in [5, 5.41) is 4.21. The van der Waals surface area contributed by atoms with Crippen molar-refractivity contribution >= 4 is 24.0 Å². The molecule has 1 fully saturated rings. The molecule has 2 heterocycles. The van der Waals surface area contributed by atoms with Gasteiger partial charge in [0.15, 0.2) is 11.5 Å². The molecule has 0 aromatic heterocycles. The van der Waals surface area contributed by atoms with Gasteiger partial charge in [0.05, 0.1) is 18.2 Å². The Morgan fingerprint density at radius 1 is 1.18 bits per heavy atom. The van der Waals surface area contributed by atoms with Crippen molar-refractivity contribution in [2.45, 2.75) is 38.9 Å². The summed E-state index contributed by atoms with van der Waals surface area (Å²) in [6.45, 7) is 8.81. The van der Waals surface area contributed by atoms with E-state index in [-0.39, 0.29) is 12.4 Å². The van der Waals surface area contributed by atoms with E-state index in [2.05, 4.69) is 30.1 Å². The fourth-order valence-electron chi connectivity index (χ4n) is 3.20. The molecule has 6 heteroatoms. The number of ether oxygens (including phenoxy) is 2. The van der Waals surface area contributed by atoms with E-state index in [1.54, 1.807) is 0 Å². The first-order valence-corrected chi connectivity index (χ1v) is 8.06. The molecule has 1 aromatic carbocycles. The zero-order valence-corrected chi connectivity index (χ0v) is 14.7. The molecule has 1 aromatic rings. The number of hydrogen-bond donors (Lipinski definition) is 1. The van der Waals surface area contributed by atoms with Crippen molar-refractivity contribution in [1.29, 1.82) is 0 Å². The van der Waals surface area contributed by atoms with Crippen LogP contribution in [0.15, 0.2) is 12.1 Å². The van der Waals surface area contributed by atoms with Crippen molar-refractivity contribution < 1.29 is 9.47 Å². The van der Waals surface area contributed by atoms with Crippen LogP contribution in [0.25, 0.3) is 0 Å². The second kappa shape index (κ2) is 7.73. The number of benzene rings is 1. The molecule has 0 spiro atoms. The predicted molar refractivity (Wildman–Crippen MR) is 91.6 cm³/mol. The predicted octanol–water partition coefficient (Wildman–Crippen LogP) is 3.11. The molecule has 2 atom stereocenters.